The summed E-state index contributed by atoms with van der Waals surface area (Å²) >= 11 is 0. The van der Waals surface area contributed by atoms with Crippen molar-refractivity contribution < 1.29 is 9.59 Å². The molecule has 0 saturated carbocycles. The number of rotatable bonds is 9. The zero-order valence-corrected chi connectivity index (χ0v) is 15.8. The Balaban J connectivity index is 1.74. The maximum Gasteiger partial charge on any atom is 0.240 e. The second-order valence-corrected chi connectivity index (χ2v) is 5.97. The molecule has 0 aliphatic rings. The van der Waals surface area contributed by atoms with E-state index in [-0.39, 0.29) is 24.7 Å². The molecular weight excluding hydrogens is 340 g/mol. The zero-order valence-electron chi connectivity index (χ0n) is 15.8. The highest BCUT2D eigenvalue weighted by atomic mass is 16.2. The highest BCUT2D eigenvalue weighted by molar-refractivity contribution is 5.93. The van der Waals surface area contributed by atoms with Crippen LogP contribution in [-0.2, 0) is 9.59 Å². The van der Waals surface area contributed by atoms with Crippen LogP contribution in [-0.4, -0.2) is 31.1 Å². The smallest absolute Gasteiger partial charge is 0.240 e. The Morgan fingerprint density at radius 2 is 1.56 bits per heavy atom. The molecule has 2 aromatic rings. The quantitative estimate of drug-likeness (QED) is 0.528. The average Bonchev–Trinajstić information content (AvgIpc) is 2.69. The Morgan fingerprint density at radius 1 is 0.926 bits per heavy atom. The molecule has 6 nitrogen and oxygen atoms in total. The molecule has 0 aliphatic heterocycles. The molecule has 0 heterocycles. The predicted octanol–water partition coefficient (Wildman–Crippen LogP) is 3.40. The van der Waals surface area contributed by atoms with Crippen molar-refractivity contribution >= 4 is 29.4 Å². The molecule has 2 amide bonds. The van der Waals surface area contributed by atoms with Gasteiger partial charge in [-0.2, -0.15) is 5.10 Å². The fourth-order valence-electron chi connectivity index (χ4n) is 2.57. The van der Waals surface area contributed by atoms with Crippen molar-refractivity contribution in [2.45, 2.75) is 26.7 Å². The van der Waals surface area contributed by atoms with Gasteiger partial charge in [-0.15, -0.1) is 0 Å². The van der Waals surface area contributed by atoms with Crippen LogP contribution in [0.4, 0.5) is 11.4 Å². The van der Waals surface area contributed by atoms with E-state index in [0.717, 1.165) is 24.3 Å². The summed E-state index contributed by atoms with van der Waals surface area (Å²) in [7, 11) is 0. The highest BCUT2D eigenvalue weighted by Gasteiger charge is 2.06. The van der Waals surface area contributed by atoms with Crippen LogP contribution in [0.1, 0.15) is 32.3 Å². The molecule has 2 rings (SSSR count). The summed E-state index contributed by atoms with van der Waals surface area (Å²) in [6.45, 7) is 6.15. The van der Waals surface area contributed by atoms with Crippen LogP contribution in [0, 0.1) is 0 Å². The molecule has 0 bridgehead atoms. The largest absolute Gasteiger partial charge is 0.372 e. The van der Waals surface area contributed by atoms with E-state index in [0.29, 0.717) is 5.69 Å². The van der Waals surface area contributed by atoms with Crippen LogP contribution in [0.2, 0.25) is 0 Å². The minimum Gasteiger partial charge on any atom is -0.372 e. The molecule has 2 N–H and O–H groups in total. The van der Waals surface area contributed by atoms with E-state index < -0.39 is 0 Å². The maximum atomic E-state index is 11.8. The summed E-state index contributed by atoms with van der Waals surface area (Å²) in [5, 5.41) is 6.69. The Labute approximate surface area is 160 Å². The van der Waals surface area contributed by atoms with Crippen LogP contribution < -0.4 is 15.6 Å². The molecule has 27 heavy (non-hydrogen) atoms. The summed E-state index contributed by atoms with van der Waals surface area (Å²) in [6.07, 6.45) is 1.78. The van der Waals surface area contributed by atoms with Gasteiger partial charge < -0.3 is 10.2 Å². The molecule has 0 fully saturated rings. The topological polar surface area (TPSA) is 73.8 Å². The van der Waals surface area contributed by atoms with Gasteiger partial charge in [0.1, 0.15) is 0 Å². The number of hydrogen-bond donors (Lipinski definition) is 2. The van der Waals surface area contributed by atoms with Crippen molar-refractivity contribution in [3.8, 4) is 0 Å². The van der Waals surface area contributed by atoms with Crippen LogP contribution in [0.5, 0.6) is 0 Å². The van der Waals surface area contributed by atoms with Crippen LogP contribution >= 0.6 is 0 Å². The first-order chi connectivity index (χ1) is 13.1. The van der Waals surface area contributed by atoms with Gasteiger partial charge in [-0.25, -0.2) is 5.43 Å². The summed E-state index contributed by atoms with van der Waals surface area (Å²) in [4.78, 5) is 25.9. The monoisotopic (exact) mass is 366 g/mol. The van der Waals surface area contributed by atoms with Crippen molar-refractivity contribution in [3.05, 3.63) is 60.2 Å². The molecule has 0 spiro atoms. The normalized spacial score (nSPS) is 10.6. The summed E-state index contributed by atoms with van der Waals surface area (Å²) in [5.74, 6) is -0.499. The van der Waals surface area contributed by atoms with Gasteiger partial charge in [-0.05, 0) is 43.7 Å². The number of anilines is 2. The SMILES string of the molecule is CCN(CC)c1ccc(C=NNC(=O)CCC(=O)Nc2ccccc2)cc1. The first-order valence-electron chi connectivity index (χ1n) is 9.14. The number of para-hydroxylation sites is 1. The van der Waals surface area contributed by atoms with E-state index >= 15 is 0 Å². The molecule has 6 heteroatoms. The molecule has 0 atom stereocenters. The summed E-state index contributed by atoms with van der Waals surface area (Å²) in [5.41, 5.74) is 5.22. The lowest BCUT2D eigenvalue weighted by atomic mass is 10.2. The lowest BCUT2D eigenvalue weighted by Crippen LogP contribution is -2.21. The molecule has 0 unspecified atom stereocenters. The van der Waals surface area contributed by atoms with Gasteiger partial charge in [0.05, 0.1) is 6.21 Å². The number of carbonyl (C=O) groups is 2. The number of nitrogens with zero attached hydrogens (tertiary/aromatic N) is 2. The van der Waals surface area contributed by atoms with E-state index in [2.05, 4.69) is 34.6 Å². The maximum absolute atomic E-state index is 11.8. The molecule has 2 aromatic carbocycles. The third kappa shape index (κ3) is 6.93. The number of hydrazone groups is 1. The molecular formula is C21H26N4O2. The third-order valence-electron chi connectivity index (χ3n) is 4.06. The first kappa shape index (κ1) is 20.2. The predicted molar refractivity (Wildman–Crippen MR) is 110 cm³/mol. The molecule has 0 radical (unpaired) electrons. The lowest BCUT2D eigenvalue weighted by Gasteiger charge is -2.20. The second kappa shape index (κ2) is 10.8. The fraction of sp³-hybridized carbons (Fsp3) is 0.286. The van der Waals surface area contributed by atoms with E-state index in [1.165, 1.54) is 0 Å². The van der Waals surface area contributed by atoms with E-state index in [1.807, 2.05) is 42.5 Å². The number of nitrogens with one attached hydrogen (secondary N) is 2. The second-order valence-electron chi connectivity index (χ2n) is 5.97. The highest BCUT2D eigenvalue weighted by Crippen LogP contribution is 2.14. The average molecular weight is 366 g/mol. The van der Waals surface area contributed by atoms with Gasteiger partial charge in [0.2, 0.25) is 11.8 Å². The minimum atomic E-state index is -0.297. The van der Waals surface area contributed by atoms with E-state index in [1.54, 1.807) is 18.3 Å². The van der Waals surface area contributed by atoms with E-state index in [4.69, 9.17) is 0 Å². The van der Waals surface area contributed by atoms with Gasteiger partial charge in [0.15, 0.2) is 0 Å². The van der Waals surface area contributed by atoms with Crippen LogP contribution in [0.3, 0.4) is 0 Å². The van der Waals surface area contributed by atoms with E-state index in [9.17, 15) is 9.59 Å². The lowest BCUT2D eigenvalue weighted by molar-refractivity contribution is -0.124. The summed E-state index contributed by atoms with van der Waals surface area (Å²) < 4.78 is 0. The molecule has 0 aromatic heterocycles. The Morgan fingerprint density at radius 3 is 2.19 bits per heavy atom. The molecule has 0 aliphatic carbocycles. The zero-order chi connectivity index (χ0) is 19.5. The van der Waals surface area contributed by atoms with Crippen molar-refractivity contribution in [1.29, 1.82) is 0 Å². The number of hydrogen-bond acceptors (Lipinski definition) is 4. The van der Waals surface area contributed by atoms with Crippen LogP contribution in [0.25, 0.3) is 0 Å². The Kier molecular flexibility index (Phi) is 8.03. The van der Waals surface area contributed by atoms with Gasteiger partial charge in [-0.3, -0.25) is 9.59 Å². The van der Waals surface area contributed by atoms with Crippen molar-refractivity contribution in [1.82, 2.24) is 5.43 Å². The standard InChI is InChI=1S/C21H26N4O2/c1-3-25(4-2)19-12-10-17(11-13-19)16-22-24-21(27)15-14-20(26)23-18-8-6-5-7-9-18/h5-13,16H,3-4,14-15H2,1-2H3,(H,23,26)(H,24,27). The van der Waals surface area contributed by atoms with Crippen molar-refractivity contribution in [2.75, 3.05) is 23.3 Å². The van der Waals surface area contributed by atoms with Gasteiger partial charge in [0.25, 0.3) is 0 Å². The Bertz CT molecular complexity index is 754. The third-order valence-corrected chi connectivity index (χ3v) is 4.06. The van der Waals surface area contributed by atoms with Crippen LogP contribution in [0.15, 0.2) is 59.7 Å². The fourth-order valence-corrected chi connectivity index (χ4v) is 2.57. The van der Waals surface area contributed by atoms with Crippen molar-refractivity contribution in [2.24, 2.45) is 5.10 Å². The number of benzene rings is 2. The summed E-state index contributed by atoms with van der Waals surface area (Å²) in [6, 6.07) is 17.1. The number of amides is 2. The Hall–Kier alpha value is -3.15. The molecule has 0 saturated heterocycles. The van der Waals surface area contributed by atoms with Gasteiger partial charge >= 0.3 is 0 Å². The first-order valence-corrected chi connectivity index (χ1v) is 9.14. The number of carbonyl (C=O) groups excluding carboxylic acids is 2. The minimum absolute atomic E-state index is 0.0803. The van der Waals surface area contributed by atoms with Crippen molar-refractivity contribution in [3.63, 3.8) is 0 Å². The van der Waals surface area contributed by atoms with Gasteiger partial charge in [-0.1, -0.05) is 30.3 Å². The van der Waals surface area contributed by atoms with Gasteiger partial charge in [0, 0.05) is 37.3 Å². The molecule has 142 valence electrons.